The highest BCUT2D eigenvalue weighted by molar-refractivity contribution is 5.83. The number of ether oxygens (including phenoxy) is 2. The molecule has 1 rings (SSSR count). The third-order valence-electron chi connectivity index (χ3n) is 3.19. The molecular weight excluding hydrogens is 220 g/mol. The molecule has 1 aliphatic heterocycles. The Morgan fingerprint density at radius 2 is 1.94 bits per heavy atom. The minimum Gasteiger partial charge on any atom is -0.378 e. The van der Waals surface area contributed by atoms with E-state index in [1.807, 2.05) is 13.8 Å². The Labute approximate surface area is 103 Å². The average molecular weight is 244 g/mol. The molecule has 3 atom stereocenters. The lowest BCUT2D eigenvalue weighted by Crippen LogP contribution is -2.50. The van der Waals surface area contributed by atoms with Crippen molar-refractivity contribution in [2.24, 2.45) is 11.5 Å². The predicted molar refractivity (Wildman–Crippen MR) is 65.4 cm³/mol. The minimum absolute atomic E-state index is 0.192. The summed E-state index contributed by atoms with van der Waals surface area (Å²) >= 11 is 0. The molecule has 4 N–H and O–H groups in total. The molecule has 1 aliphatic rings. The van der Waals surface area contributed by atoms with Crippen LogP contribution in [0.3, 0.4) is 0 Å². The van der Waals surface area contributed by atoms with E-state index in [4.69, 9.17) is 20.9 Å². The first-order valence-electron chi connectivity index (χ1n) is 6.17. The molecule has 5 nitrogen and oxygen atoms in total. The summed E-state index contributed by atoms with van der Waals surface area (Å²) in [5.41, 5.74) is 9.96. The van der Waals surface area contributed by atoms with Gasteiger partial charge in [-0.3, -0.25) is 4.79 Å². The van der Waals surface area contributed by atoms with Crippen LogP contribution in [0.1, 0.15) is 40.0 Å². The third kappa shape index (κ3) is 4.61. The molecule has 1 saturated heterocycles. The van der Waals surface area contributed by atoms with Gasteiger partial charge < -0.3 is 20.9 Å². The maximum atomic E-state index is 11.0. The van der Waals surface area contributed by atoms with E-state index in [0.29, 0.717) is 13.0 Å². The Morgan fingerprint density at radius 1 is 1.41 bits per heavy atom. The molecule has 3 unspecified atom stereocenters. The van der Waals surface area contributed by atoms with E-state index in [9.17, 15) is 4.79 Å². The van der Waals surface area contributed by atoms with Gasteiger partial charge in [0.15, 0.2) is 0 Å². The first-order valence-corrected chi connectivity index (χ1v) is 6.17. The van der Waals surface area contributed by atoms with Gasteiger partial charge in [0.2, 0.25) is 5.91 Å². The number of hydrogen-bond acceptors (Lipinski definition) is 4. The molecule has 1 fully saturated rings. The van der Waals surface area contributed by atoms with Crippen LogP contribution in [-0.2, 0) is 14.3 Å². The number of carbonyl (C=O) groups excluding carboxylic acids is 1. The molecule has 0 bridgehead atoms. The van der Waals surface area contributed by atoms with Crippen LogP contribution >= 0.6 is 0 Å². The SMILES string of the molecule is CC1CC(OCCC(C)(N)C(N)=O)CC(C)O1. The van der Waals surface area contributed by atoms with Gasteiger partial charge in [0, 0.05) is 6.61 Å². The smallest absolute Gasteiger partial charge is 0.237 e. The zero-order valence-electron chi connectivity index (χ0n) is 10.9. The minimum atomic E-state index is -0.984. The van der Waals surface area contributed by atoms with Gasteiger partial charge in [-0.25, -0.2) is 0 Å². The van der Waals surface area contributed by atoms with Crippen LogP contribution in [0.5, 0.6) is 0 Å². The number of carbonyl (C=O) groups is 1. The van der Waals surface area contributed by atoms with Crippen LogP contribution in [-0.4, -0.2) is 36.4 Å². The van der Waals surface area contributed by atoms with Crippen molar-refractivity contribution in [2.45, 2.75) is 63.9 Å². The zero-order chi connectivity index (χ0) is 13.1. The second kappa shape index (κ2) is 5.80. The van der Waals surface area contributed by atoms with E-state index in [1.165, 1.54) is 0 Å². The van der Waals surface area contributed by atoms with Crippen molar-refractivity contribution in [3.63, 3.8) is 0 Å². The van der Waals surface area contributed by atoms with E-state index >= 15 is 0 Å². The van der Waals surface area contributed by atoms with Crippen LogP contribution in [0.4, 0.5) is 0 Å². The fourth-order valence-electron chi connectivity index (χ4n) is 2.04. The van der Waals surface area contributed by atoms with Crippen LogP contribution in [0.25, 0.3) is 0 Å². The van der Waals surface area contributed by atoms with Gasteiger partial charge in [-0.15, -0.1) is 0 Å². The van der Waals surface area contributed by atoms with E-state index in [0.717, 1.165) is 12.8 Å². The molecule has 0 aromatic rings. The van der Waals surface area contributed by atoms with Gasteiger partial charge >= 0.3 is 0 Å². The summed E-state index contributed by atoms with van der Waals surface area (Å²) in [5, 5.41) is 0. The topological polar surface area (TPSA) is 87.6 Å². The van der Waals surface area contributed by atoms with Gasteiger partial charge in [-0.05, 0) is 40.0 Å². The predicted octanol–water partition coefficient (Wildman–Crippen LogP) is 0.552. The third-order valence-corrected chi connectivity index (χ3v) is 3.19. The van der Waals surface area contributed by atoms with Gasteiger partial charge in [-0.1, -0.05) is 0 Å². The molecule has 0 aromatic heterocycles. The van der Waals surface area contributed by atoms with Crippen molar-refractivity contribution in [3.05, 3.63) is 0 Å². The number of nitrogens with two attached hydrogens (primary N) is 2. The number of hydrogen-bond donors (Lipinski definition) is 2. The first-order chi connectivity index (χ1) is 7.81. The summed E-state index contributed by atoms with van der Waals surface area (Å²) in [7, 11) is 0. The van der Waals surface area contributed by atoms with Crippen LogP contribution in [0.2, 0.25) is 0 Å². The van der Waals surface area contributed by atoms with Crippen LogP contribution in [0, 0.1) is 0 Å². The molecule has 0 radical (unpaired) electrons. The highest BCUT2D eigenvalue weighted by Gasteiger charge is 2.28. The van der Waals surface area contributed by atoms with E-state index < -0.39 is 11.4 Å². The number of amides is 1. The maximum Gasteiger partial charge on any atom is 0.237 e. The Balaban J connectivity index is 2.29. The van der Waals surface area contributed by atoms with Gasteiger partial charge in [0.05, 0.1) is 23.9 Å². The van der Waals surface area contributed by atoms with E-state index in [-0.39, 0.29) is 18.3 Å². The largest absolute Gasteiger partial charge is 0.378 e. The molecule has 17 heavy (non-hydrogen) atoms. The summed E-state index contributed by atoms with van der Waals surface area (Å²) in [6, 6.07) is 0. The standard InChI is InChI=1S/C12H24N2O3/c1-8-6-10(7-9(2)17-8)16-5-4-12(3,14)11(13)15/h8-10H,4-7,14H2,1-3H3,(H2,13,15). The molecule has 5 heteroatoms. The highest BCUT2D eigenvalue weighted by atomic mass is 16.5. The quantitative estimate of drug-likeness (QED) is 0.739. The summed E-state index contributed by atoms with van der Waals surface area (Å²) in [4.78, 5) is 11.0. The van der Waals surface area contributed by atoms with Crippen molar-refractivity contribution >= 4 is 5.91 Å². The molecule has 0 spiro atoms. The van der Waals surface area contributed by atoms with Crippen molar-refractivity contribution < 1.29 is 14.3 Å². The molecule has 0 saturated carbocycles. The Bertz CT molecular complexity index is 258. The van der Waals surface area contributed by atoms with Gasteiger partial charge in [0.25, 0.3) is 0 Å². The number of rotatable bonds is 5. The van der Waals surface area contributed by atoms with Crippen LogP contribution < -0.4 is 11.5 Å². The monoisotopic (exact) mass is 244 g/mol. The summed E-state index contributed by atoms with van der Waals surface area (Å²) in [6.45, 7) is 6.18. The zero-order valence-corrected chi connectivity index (χ0v) is 10.9. The van der Waals surface area contributed by atoms with Crippen molar-refractivity contribution in [1.82, 2.24) is 0 Å². The summed E-state index contributed by atoms with van der Waals surface area (Å²) in [5.74, 6) is -0.491. The fourth-order valence-corrected chi connectivity index (χ4v) is 2.04. The summed E-state index contributed by atoms with van der Waals surface area (Å²) < 4.78 is 11.4. The van der Waals surface area contributed by atoms with Crippen LogP contribution in [0.15, 0.2) is 0 Å². The van der Waals surface area contributed by atoms with Gasteiger partial charge in [0.1, 0.15) is 0 Å². The molecule has 100 valence electrons. The fraction of sp³-hybridized carbons (Fsp3) is 0.917. The van der Waals surface area contributed by atoms with Crippen molar-refractivity contribution in [1.29, 1.82) is 0 Å². The first kappa shape index (κ1) is 14.4. The average Bonchev–Trinajstić information content (AvgIpc) is 2.15. The Hall–Kier alpha value is -0.650. The second-order valence-electron chi connectivity index (χ2n) is 5.25. The molecule has 1 heterocycles. The maximum absolute atomic E-state index is 11.0. The Morgan fingerprint density at radius 3 is 2.41 bits per heavy atom. The normalized spacial score (nSPS) is 33.1. The molecule has 1 amide bonds. The van der Waals surface area contributed by atoms with Crippen molar-refractivity contribution in [3.8, 4) is 0 Å². The van der Waals surface area contributed by atoms with E-state index in [1.54, 1.807) is 6.92 Å². The number of primary amides is 1. The lowest BCUT2D eigenvalue weighted by atomic mass is 9.99. The lowest BCUT2D eigenvalue weighted by molar-refractivity contribution is -0.125. The van der Waals surface area contributed by atoms with E-state index in [2.05, 4.69) is 0 Å². The van der Waals surface area contributed by atoms with Crippen molar-refractivity contribution in [2.75, 3.05) is 6.61 Å². The lowest BCUT2D eigenvalue weighted by Gasteiger charge is -2.32. The van der Waals surface area contributed by atoms with Gasteiger partial charge in [-0.2, -0.15) is 0 Å². The summed E-state index contributed by atoms with van der Waals surface area (Å²) in [6.07, 6.45) is 2.87. The highest BCUT2D eigenvalue weighted by Crippen LogP contribution is 2.22. The molecule has 0 aliphatic carbocycles. The molecular formula is C12H24N2O3. The molecule has 0 aromatic carbocycles. The Kier molecular flexibility index (Phi) is 4.91. The second-order valence-corrected chi connectivity index (χ2v) is 5.25.